The molecule has 0 bridgehead atoms. The first kappa shape index (κ1) is 24.0. The standard InChI is InChI=1S/C24H23FN2O5S/c1-26-33(29,30)23-14-17(8-12-22(23)31-2)9-13-24(28)27-20-4-3-5-21(15-20)32-16-18-6-10-19(25)11-7-18/h3-15,26H,16H2,1-2H3,(H,27,28)/b13-9+. The minimum absolute atomic E-state index is 0.0268. The van der Waals surface area contributed by atoms with Crippen LogP contribution in [0.1, 0.15) is 11.1 Å². The highest BCUT2D eigenvalue weighted by molar-refractivity contribution is 7.89. The molecule has 0 fully saturated rings. The number of sulfonamides is 1. The van der Waals surface area contributed by atoms with E-state index in [0.717, 1.165) is 5.56 Å². The second kappa shape index (κ2) is 10.8. The number of carbonyl (C=O) groups is 1. The first-order chi connectivity index (χ1) is 15.8. The van der Waals surface area contributed by atoms with Gasteiger partial charge in [-0.05, 0) is 60.6 Å². The van der Waals surface area contributed by atoms with Gasteiger partial charge in [0.1, 0.15) is 28.8 Å². The van der Waals surface area contributed by atoms with Crippen LogP contribution < -0.4 is 19.5 Å². The van der Waals surface area contributed by atoms with Crippen LogP contribution in [0.3, 0.4) is 0 Å². The predicted octanol–water partition coefficient (Wildman–Crippen LogP) is 3.97. The molecule has 9 heteroatoms. The van der Waals surface area contributed by atoms with Crippen molar-refractivity contribution >= 4 is 27.7 Å². The molecule has 0 atom stereocenters. The zero-order chi connectivity index (χ0) is 23.8. The number of benzene rings is 3. The SMILES string of the molecule is CNS(=O)(=O)c1cc(/C=C/C(=O)Nc2cccc(OCc3ccc(F)cc3)c2)ccc1OC. The first-order valence-corrected chi connectivity index (χ1v) is 11.4. The van der Waals surface area contributed by atoms with E-state index in [0.29, 0.717) is 17.0 Å². The first-order valence-electron chi connectivity index (χ1n) is 9.88. The van der Waals surface area contributed by atoms with E-state index in [1.54, 1.807) is 42.5 Å². The van der Waals surface area contributed by atoms with Crippen LogP contribution >= 0.6 is 0 Å². The molecule has 0 unspecified atom stereocenters. The number of amides is 1. The van der Waals surface area contributed by atoms with E-state index >= 15 is 0 Å². The molecule has 0 saturated carbocycles. The van der Waals surface area contributed by atoms with Crippen molar-refractivity contribution in [1.82, 2.24) is 4.72 Å². The van der Waals surface area contributed by atoms with E-state index in [-0.39, 0.29) is 23.1 Å². The summed E-state index contributed by atoms with van der Waals surface area (Å²) in [5.41, 5.74) is 1.85. The summed E-state index contributed by atoms with van der Waals surface area (Å²) < 4.78 is 50.4. The minimum Gasteiger partial charge on any atom is -0.495 e. The third-order valence-corrected chi connectivity index (χ3v) is 6.03. The summed E-state index contributed by atoms with van der Waals surface area (Å²) in [6.07, 6.45) is 2.79. The number of hydrogen-bond donors (Lipinski definition) is 2. The summed E-state index contributed by atoms with van der Waals surface area (Å²) in [4.78, 5) is 12.3. The molecule has 2 N–H and O–H groups in total. The molecular weight excluding hydrogens is 447 g/mol. The number of carbonyl (C=O) groups excluding carboxylic acids is 1. The maximum absolute atomic E-state index is 13.0. The molecule has 0 radical (unpaired) electrons. The number of methoxy groups -OCH3 is 1. The summed E-state index contributed by atoms with van der Waals surface area (Å²) in [6, 6.07) is 17.4. The zero-order valence-electron chi connectivity index (χ0n) is 18.0. The molecule has 0 spiro atoms. The van der Waals surface area contributed by atoms with E-state index in [4.69, 9.17) is 9.47 Å². The van der Waals surface area contributed by atoms with Gasteiger partial charge in [0.15, 0.2) is 0 Å². The lowest BCUT2D eigenvalue weighted by Gasteiger charge is -2.10. The van der Waals surface area contributed by atoms with Gasteiger partial charge in [0.25, 0.3) is 0 Å². The Labute approximate surface area is 191 Å². The monoisotopic (exact) mass is 470 g/mol. The van der Waals surface area contributed by atoms with Gasteiger partial charge in [0.05, 0.1) is 7.11 Å². The summed E-state index contributed by atoms with van der Waals surface area (Å²) in [5, 5.41) is 2.73. The quantitative estimate of drug-likeness (QED) is 0.462. The van der Waals surface area contributed by atoms with Crippen LogP contribution in [0, 0.1) is 5.82 Å². The Kier molecular flexibility index (Phi) is 7.81. The average Bonchev–Trinajstić information content (AvgIpc) is 2.82. The van der Waals surface area contributed by atoms with Gasteiger partial charge in [-0.1, -0.05) is 24.3 Å². The molecule has 172 valence electrons. The molecule has 3 aromatic rings. The number of ether oxygens (including phenoxy) is 2. The van der Waals surface area contributed by atoms with Gasteiger partial charge in [-0.25, -0.2) is 17.5 Å². The van der Waals surface area contributed by atoms with Crippen LogP contribution in [0.15, 0.2) is 77.7 Å². The van der Waals surface area contributed by atoms with Crippen molar-refractivity contribution < 1.29 is 27.1 Å². The molecule has 3 rings (SSSR count). The summed E-state index contributed by atoms with van der Waals surface area (Å²) >= 11 is 0. The van der Waals surface area contributed by atoms with Crippen LogP contribution in [-0.4, -0.2) is 28.5 Å². The number of nitrogens with one attached hydrogen (secondary N) is 2. The summed E-state index contributed by atoms with van der Waals surface area (Å²) in [6.45, 7) is 0.257. The fourth-order valence-electron chi connectivity index (χ4n) is 2.88. The van der Waals surface area contributed by atoms with Gasteiger partial charge in [0.2, 0.25) is 15.9 Å². The second-order valence-corrected chi connectivity index (χ2v) is 8.74. The van der Waals surface area contributed by atoms with Gasteiger partial charge < -0.3 is 14.8 Å². The maximum Gasteiger partial charge on any atom is 0.248 e. The molecular formula is C24H23FN2O5S. The van der Waals surface area contributed by atoms with Crippen LogP contribution in [0.4, 0.5) is 10.1 Å². The largest absolute Gasteiger partial charge is 0.495 e. The Morgan fingerprint density at radius 1 is 1.06 bits per heavy atom. The molecule has 0 aromatic heterocycles. The molecule has 33 heavy (non-hydrogen) atoms. The highest BCUT2D eigenvalue weighted by Crippen LogP contribution is 2.25. The lowest BCUT2D eigenvalue weighted by atomic mass is 10.2. The third kappa shape index (κ3) is 6.64. The molecule has 0 aliphatic rings. The molecule has 0 aliphatic carbocycles. The molecule has 1 amide bonds. The Balaban J connectivity index is 1.65. The fraction of sp³-hybridized carbons (Fsp3) is 0.125. The summed E-state index contributed by atoms with van der Waals surface area (Å²) in [7, 11) is -1.04. The maximum atomic E-state index is 13.0. The van der Waals surface area contributed by atoms with Crippen molar-refractivity contribution in [2.45, 2.75) is 11.5 Å². The van der Waals surface area contributed by atoms with Crippen molar-refractivity contribution in [1.29, 1.82) is 0 Å². The van der Waals surface area contributed by atoms with Crippen molar-refractivity contribution in [3.05, 3.63) is 89.8 Å². The minimum atomic E-state index is -3.73. The Hall–Kier alpha value is -3.69. The number of rotatable bonds is 9. The van der Waals surface area contributed by atoms with E-state index in [1.807, 2.05) is 0 Å². The molecule has 0 heterocycles. The normalized spacial score (nSPS) is 11.4. The number of halogens is 1. The third-order valence-electron chi connectivity index (χ3n) is 4.59. The van der Waals surface area contributed by atoms with Crippen LogP contribution in [0.5, 0.6) is 11.5 Å². The van der Waals surface area contributed by atoms with Crippen molar-refractivity contribution in [2.24, 2.45) is 0 Å². The van der Waals surface area contributed by atoms with E-state index < -0.39 is 15.9 Å². The Morgan fingerprint density at radius 2 is 1.82 bits per heavy atom. The van der Waals surface area contributed by atoms with Crippen LogP contribution in [0.2, 0.25) is 0 Å². The van der Waals surface area contributed by atoms with Crippen molar-refractivity contribution in [3.8, 4) is 11.5 Å². The van der Waals surface area contributed by atoms with E-state index in [2.05, 4.69) is 10.0 Å². The summed E-state index contributed by atoms with van der Waals surface area (Å²) in [5.74, 6) is 0.0205. The topological polar surface area (TPSA) is 93.7 Å². The highest BCUT2D eigenvalue weighted by Gasteiger charge is 2.17. The smallest absolute Gasteiger partial charge is 0.248 e. The lowest BCUT2D eigenvalue weighted by Crippen LogP contribution is -2.19. The Bertz CT molecular complexity index is 1260. The lowest BCUT2D eigenvalue weighted by molar-refractivity contribution is -0.111. The van der Waals surface area contributed by atoms with Crippen molar-refractivity contribution in [3.63, 3.8) is 0 Å². The van der Waals surface area contributed by atoms with E-state index in [9.17, 15) is 17.6 Å². The van der Waals surface area contributed by atoms with Gasteiger partial charge >= 0.3 is 0 Å². The molecule has 0 aliphatic heterocycles. The molecule has 0 saturated heterocycles. The molecule has 7 nitrogen and oxygen atoms in total. The van der Waals surface area contributed by atoms with Gasteiger partial charge in [0, 0.05) is 17.8 Å². The van der Waals surface area contributed by atoms with E-state index in [1.165, 1.54) is 50.6 Å². The zero-order valence-corrected chi connectivity index (χ0v) is 18.9. The van der Waals surface area contributed by atoms with Crippen LogP contribution in [-0.2, 0) is 21.4 Å². The van der Waals surface area contributed by atoms with Gasteiger partial charge in [-0.15, -0.1) is 0 Å². The molecule has 3 aromatic carbocycles. The number of hydrogen-bond acceptors (Lipinski definition) is 5. The average molecular weight is 471 g/mol. The van der Waals surface area contributed by atoms with Gasteiger partial charge in [-0.2, -0.15) is 0 Å². The number of anilines is 1. The predicted molar refractivity (Wildman–Crippen MR) is 124 cm³/mol. The second-order valence-electron chi connectivity index (χ2n) is 6.88. The van der Waals surface area contributed by atoms with Crippen molar-refractivity contribution in [2.75, 3.05) is 19.5 Å². The van der Waals surface area contributed by atoms with Gasteiger partial charge in [-0.3, -0.25) is 4.79 Å². The highest BCUT2D eigenvalue weighted by atomic mass is 32.2. The van der Waals surface area contributed by atoms with Crippen LogP contribution in [0.25, 0.3) is 6.08 Å². The fourth-order valence-corrected chi connectivity index (χ4v) is 3.81. The Morgan fingerprint density at radius 3 is 2.52 bits per heavy atom.